The van der Waals surface area contributed by atoms with E-state index in [0.29, 0.717) is 13.8 Å². The number of rotatable bonds is 8. The van der Waals surface area contributed by atoms with Crippen LogP contribution in [0.15, 0.2) is 0 Å². The highest BCUT2D eigenvalue weighted by Crippen LogP contribution is 2.33. The Bertz CT molecular complexity index is 460. The third-order valence-electron chi connectivity index (χ3n) is 3.36. The summed E-state index contributed by atoms with van der Waals surface area (Å²) >= 11 is 0. The van der Waals surface area contributed by atoms with Gasteiger partial charge in [0.1, 0.15) is 18.3 Å². The molecular weight excluding hydrogens is 288 g/mol. The van der Waals surface area contributed by atoms with Gasteiger partial charge in [-0.1, -0.05) is 0 Å². The van der Waals surface area contributed by atoms with Crippen molar-refractivity contribution in [2.45, 2.75) is 50.3 Å². The lowest BCUT2D eigenvalue weighted by molar-refractivity contribution is -0.232. The summed E-state index contributed by atoms with van der Waals surface area (Å²) in [4.78, 5) is 44.9. The number of aldehydes is 1. The van der Waals surface area contributed by atoms with Crippen LogP contribution in [0, 0.1) is 0 Å². The minimum absolute atomic E-state index is 0.331. The number of hydrogen-bond acceptors (Lipinski definition) is 9. The van der Waals surface area contributed by atoms with Gasteiger partial charge in [0.25, 0.3) is 0 Å². The molecule has 0 fully saturated rings. The monoisotopic (exact) mass is 306 g/mol. The first-order chi connectivity index (χ1) is 9.38. The van der Waals surface area contributed by atoms with Crippen molar-refractivity contribution in [3.63, 3.8) is 0 Å². The maximum Gasteiger partial charge on any atom is 0.194 e. The first-order valence-corrected chi connectivity index (χ1v) is 5.85. The third kappa shape index (κ3) is 2.92. The highest BCUT2D eigenvalue weighted by molar-refractivity contribution is 6.01. The van der Waals surface area contributed by atoms with Crippen LogP contribution in [0.3, 0.4) is 0 Å². The molecule has 0 heterocycles. The molecule has 0 aliphatic heterocycles. The largest absolute Gasteiger partial charge is 0.386 e. The lowest BCUT2D eigenvalue weighted by Gasteiger charge is -2.44. The SMILES string of the molecule is CC(=O)C(O)[C@@H](O)[C@](O)(C(C)=O)[C@@](O)(C(C)=O)[C@@H](O)C=O. The van der Waals surface area contributed by atoms with E-state index in [-0.39, 0.29) is 6.29 Å². The predicted octanol–water partition coefficient (Wildman–Crippen LogP) is -3.50. The molecule has 21 heavy (non-hydrogen) atoms. The molecule has 5 N–H and O–H groups in total. The molecule has 0 aliphatic rings. The van der Waals surface area contributed by atoms with Gasteiger partial charge in [0.15, 0.2) is 34.8 Å². The van der Waals surface area contributed by atoms with Crippen molar-refractivity contribution in [1.29, 1.82) is 0 Å². The molecule has 120 valence electrons. The molecule has 5 atom stereocenters. The lowest BCUT2D eigenvalue weighted by atomic mass is 9.69. The van der Waals surface area contributed by atoms with Gasteiger partial charge < -0.3 is 30.3 Å². The quantitative estimate of drug-likeness (QED) is 0.285. The summed E-state index contributed by atoms with van der Waals surface area (Å²) in [6.07, 6.45) is -7.88. The van der Waals surface area contributed by atoms with Gasteiger partial charge in [-0.15, -0.1) is 0 Å². The topological polar surface area (TPSA) is 169 Å². The molecular formula is C12H18O9. The van der Waals surface area contributed by atoms with Crippen molar-refractivity contribution in [2.75, 3.05) is 0 Å². The van der Waals surface area contributed by atoms with Crippen LogP contribution in [-0.4, -0.2) is 78.7 Å². The third-order valence-corrected chi connectivity index (χ3v) is 3.36. The maximum absolute atomic E-state index is 11.6. The highest BCUT2D eigenvalue weighted by atomic mass is 16.4. The molecule has 0 aromatic heterocycles. The van der Waals surface area contributed by atoms with Crippen molar-refractivity contribution in [3.05, 3.63) is 0 Å². The van der Waals surface area contributed by atoms with E-state index in [1.807, 2.05) is 0 Å². The minimum Gasteiger partial charge on any atom is -0.386 e. The summed E-state index contributed by atoms with van der Waals surface area (Å²) < 4.78 is 0. The summed E-state index contributed by atoms with van der Waals surface area (Å²) in [6, 6.07) is 0. The first-order valence-electron chi connectivity index (χ1n) is 5.85. The van der Waals surface area contributed by atoms with Gasteiger partial charge in [-0.3, -0.25) is 14.4 Å². The second-order valence-corrected chi connectivity index (χ2v) is 4.73. The van der Waals surface area contributed by atoms with Crippen LogP contribution in [0.25, 0.3) is 0 Å². The van der Waals surface area contributed by atoms with E-state index >= 15 is 0 Å². The molecule has 1 unspecified atom stereocenters. The van der Waals surface area contributed by atoms with Gasteiger partial charge in [-0.2, -0.15) is 0 Å². The maximum atomic E-state index is 11.6. The molecule has 9 heteroatoms. The van der Waals surface area contributed by atoms with E-state index in [2.05, 4.69) is 0 Å². The molecule has 0 rings (SSSR count). The van der Waals surface area contributed by atoms with Crippen LogP contribution < -0.4 is 0 Å². The number of Topliss-reactive ketones (excluding diaryl/α,β-unsaturated/α-hetero) is 3. The average molecular weight is 306 g/mol. The van der Waals surface area contributed by atoms with E-state index in [1.54, 1.807) is 0 Å². The fourth-order valence-corrected chi connectivity index (χ4v) is 1.95. The molecule has 0 aromatic carbocycles. The summed E-state index contributed by atoms with van der Waals surface area (Å²) in [5.41, 5.74) is -6.90. The summed E-state index contributed by atoms with van der Waals surface area (Å²) in [7, 11) is 0. The second-order valence-electron chi connectivity index (χ2n) is 4.73. The Morgan fingerprint density at radius 1 is 0.905 bits per heavy atom. The van der Waals surface area contributed by atoms with E-state index < -0.39 is 46.9 Å². The van der Waals surface area contributed by atoms with E-state index in [4.69, 9.17) is 0 Å². The van der Waals surface area contributed by atoms with Crippen LogP contribution in [0.2, 0.25) is 0 Å². The van der Waals surface area contributed by atoms with Gasteiger partial charge >= 0.3 is 0 Å². The molecule has 0 amide bonds. The summed E-state index contributed by atoms with van der Waals surface area (Å²) in [5.74, 6) is -3.93. The second kappa shape index (κ2) is 6.50. The van der Waals surface area contributed by atoms with E-state index in [0.717, 1.165) is 6.92 Å². The number of carbonyl (C=O) groups is 4. The van der Waals surface area contributed by atoms with Crippen molar-refractivity contribution in [3.8, 4) is 0 Å². The normalized spacial score (nSPS) is 21.3. The number of aliphatic hydroxyl groups is 5. The molecule has 0 saturated heterocycles. The Labute approximate surface area is 119 Å². The number of carbonyl (C=O) groups excluding carboxylic acids is 4. The Morgan fingerprint density at radius 3 is 1.52 bits per heavy atom. The molecule has 0 radical (unpaired) electrons. The summed E-state index contributed by atoms with van der Waals surface area (Å²) in [6.45, 7) is 2.10. The smallest absolute Gasteiger partial charge is 0.194 e. The highest BCUT2D eigenvalue weighted by Gasteiger charge is 2.65. The van der Waals surface area contributed by atoms with Gasteiger partial charge in [-0.25, -0.2) is 0 Å². The van der Waals surface area contributed by atoms with Crippen LogP contribution >= 0.6 is 0 Å². The Hall–Kier alpha value is -1.52. The zero-order valence-corrected chi connectivity index (χ0v) is 11.7. The van der Waals surface area contributed by atoms with E-state index in [9.17, 15) is 44.7 Å². The van der Waals surface area contributed by atoms with Crippen molar-refractivity contribution in [2.24, 2.45) is 0 Å². The molecule has 9 nitrogen and oxygen atoms in total. The molecule has 0 saturated carbocycles. The van der Waals surface area contributed by atoms with Crippen LogP contribution in [0.5, 0.6) is 0 Å². The van der Waals surface area contributed by atoms with Crippen molar-refractivity contribution < 1.29 is 44.7 Å². The standard InChI is InChI=1S/C12H18O9/c1-5(14)9(18)10(19)12(21,7(3)16)11(20,6(2)15)8(17)4-13/h4,8-10,17-21H,1-3H3/t8-,9?,10+,11+,12+/m0/s1. The van der Waals surface area contributed by atoms with Gasteiger partial charge in [0, 0.05) is 0 Å². The fourth-order valence-electron chi connectivity index (χ4n) is 1.95. The van der Waals surface area contributed by atoms with Crippen LogP contribution in [-0.2, 0) is 19.2 Å². The Kier molecular flexibility index (Phi) is 6.03. The van der Waals surface area contributed by atoms with E-state index in [1.165, 1.54) is 0 Å². The van der Waals surface area contributed by atoms with Crippen LogP contribution in [0.1, 0.15) is 20.8 Å². The lowest BCUT2D eigenvalue weighted by Crippen LogP contribution is -2.75. The minimum atomic E-state index is -3.47. The zero-order chi connectivity index (χ0) is 17.2. The first kappa shape index (κ1) is 19.5. The molecule has 0 spiro atoms. The van der Waals surface area contributed by atoms with Crippen molar-refractivity contribution in [1.82, 2.24) is 0 Å². The molecule has 0 aliphatic carbocycles. The number of ketones is 3. The predicted molar refractivity (Wildman–Crippen MR) is 66.0 cm³/mol. The van der Waals surface area contributed by atoms with Crippen molar-refractivity contribution >= 4 is 23.6 Å². The molecule has 0 aromatic rings. The van der Waals surface area contributed by atoms with Gasteiger partial charge in [-0.05, 0) is 20.8 Å². The number of hydrogen-bond donors (Lipinski definition) is 5. The Balaban J connectivity index is 6.29. The summed E-state index contributed by atoms with van der Waals surface area (Å²) in [5, 5.41) is 49.2. The molecule has 0 bridgehead atoms. The van der Waals surface area contributed by atoms with Gasteiger partial charge in [0.05, 0.1) is 0 Å². The fraction of sp³-hybridized carbons (Fsp3) is 0.667. The van der Waals surface area contributed by atoms with Crippen LogP contribution in [0.4, 0.5) is 0 Å². The van der Waals surface area contributed by atoms with Gasteiger partial charge in [0.2, 0.25) is 0 Å². The average Bonchev–Trinajstić information content (AvgIpc) is 2.41. The number of aliphatic hydroxyl groups excluding tert-OH is 3. The zero-order valence-electron chi connectivity index (χ0n) is 11.7. The Morgan fingerprint density at radius 2 is 1.29 bits per heavy atom.